The van der Waals surface area contributed by atoms with Gasteiger partial charge in [-0.1, -0.05) is 61.2 Å². The summed E-state index contributed by atoms with van der Waals surface area (Å²) in [5, 5.41) is 8.17. The third-order valence-electron chi connectivity index (χ3n) is 3.23. The summed E-state index contributed by atoms with van der Waals surface area (Å²) in [5.41, 5.74) is 7.62. The molecule has 0 spiro atoms. The van der Waals surface area contributed by atoms with Crippen LogP contribution in [0.25, 0.3) is 0 Å². The molecule has 1 unspecified atom stereocenters. The van der Waals surface area contributed by atoms with E-state index in [-0.39, 0.29) is 5.92 Å². The fourth-order valence-corrected chi connectivity index (χ4v) is 2.69. The van der Waals surface area contributed by atoms with Gasteiger partial charge in [0.25, 0.3) is 0 Å². The summed E-state index contributed by atoms with van der Waals surface area (Å²) in [4.78, 5) is 0. The van der Waals surface area contributed by atoms with Gasteiger partial charge in [0.05, 0.1) is 5.69 Å². The molecule has 1 heterocycles. The first kappa shape index (κ1) is 14.2. The summed E-state index contributed by atoms with van der Waals surface area (Å²) in [6.45, 7) is 2.16. The van der Waals surface area contributed by atoms with Crippen molar-refractivity contribution < 1.29 is 0 Å². The monoisotopic (exact) mass is 297 g/mol. The molecule has 0 aliphatic rings. The predicted octanol–water partition coefficient (Wildman–Crippen LogP) is 4.62. The van der Waals surface area contributed by atoms with Gasteiger partial charge < -0.3 is 5.73 Å². The standard InChI is InChI=1S/C14H17Cl2N3/c1-2-3-6-10(9-7-4-5-8-11(9)15)13-12(16)14(17)19-18-13/h4-5,7-8,10H,2-3,6H2,1H3,(H3,17,18,19). The van der Waals surface area contributed by atoms with E-state index in [1.807, 2.05) is 24.3 Å². The van der Waals surface area contributed by atoms with Crippen LogP contribution in [0.2, 0.25) is 10.0 Å². The van der Waals surface area contributed by atoms with E-state index in [0.717, 1.165) is 35.5 Å². The molecule has 1 atom stereocenters. The molecular weight excluding hydrogens is 281 g/mol. The number of aromatic nitrogens is 2. The number of nitrogens with one attached hydrogen (secondary N) is 1. The average molecular weight is 298 g/mol. The van der Waals surface area contributed by atoms with Crippen LogP contribution in [-0.2, 0) is 0 Å². The molecule has 1 aromatic heterocycles. The molecule has 3 N–H and O–H groups in total. The van der Waals surface area contributed by atoms with Crippen LogP contribution < -0.4 is 5.73 Å². The molecule has 0 bridgehead atoms. The van der Waals surface area contributed by atoms with Crippen LogP contribution in [0, 0.1) is 0 Å². The van der Waals surface area contributed by atoms with Crippen LogP contribution in [0.3, 0.4) is 0 Å². The Hall–Kier alpha value is -1.19. The number of unbranched alkanes of at least 4 members (excludes halogenated alkanes) is 1. The lowest BCUT2D eigenvalue weighted by Crippen LogP contribution is -2.03. The van der Waals surface area contributed by atoms with E-state index in [4.69, 9.17) is 28.9 Å². The Bertz CT molecular complexity index is 551. The second-order valence-corrected chi connectivity index (χ2v) is 5.34. The van der Waals surface area contributed by atoms with Gasteiger partial charge >= 0.3 is 0 Å². The number of nitrogens with zero attached hydrogens (tertiary/aromatic N) is 1. The van der Waals surface area contributed by atoms with E-state index in [1.54, 1.807) is 0 Å². The number of nitrogens with two attached hydrogens (primary N) is 1. The smallest absolute Gasteiger partial charge is 0.164 e. The van der Waals surface area contributed by atoms with Gasteiger partial charge in [-0.3, -0.25) is 5.10 Å². The summed E-state index contributed by atoms with van der Waals surface area (Å²) in [7, 11) is 0. The maximum atomic E-state index is 6.30. The molecule has 5 heteroatoms. The van der Waals surface area contributed by atoms with Gasteiger partial charge in [-0.15, -0.1) is 0 Å². The van der Waals surface area contributed by atoms with E-state index in [9.17, 15) is 0 Å². The van der Waals surface area contributed by atoms with Crippen molar-refractivity contribution in [2.24, 2.45) is 0 Å². The second-order valence-electron chi connectivity index (χ2n) is 4.55. The topological polar surface area (TPSA) is 54.7 Å². The number of rotatable bonds is 5. The van der Waals surface area contributed by atoms with Crippen molar-refractivity contribution in [3.05, 3.63) is 45.6 Å². The third-order valence-corrected chi connectivity index (χ3v) is 3.98. The molecule has 1 aromatic carbocycles. The van der Waals surface area contributed by atoms with Crippen LogP contribution in [0.15, 0.2) is 24.3 Å². The zero-order chi connectivity index (χ0) is 13.8. The Labute approximate surface area is 123 Å². The van der Waals surface area contributed by atoms with Gasteiger partial charge in [0.15, 0.2) is 5.82 Å². The van der Waals surface area contributed by atoms with Gasteiger partial charge in [0.2, 0.25) is 0 Å². The van der Waals surface area contributed by atoms with Crippen molar-refractivity contribution in [2.45, 2.75) is 32.1 Å². The number of hydrogen-bond acceptors (Lipinski definition) is 2. The molecule has 0 saturated carbocycles. The lowest BCUT2D eigenvalue weighted by Gasteiger charge is -2.17. The zero-order valence-electron chi connectivity index (χ0n) is 10.8. The first-order valence-corrected chi connectivity index (χ1v) is 7.14. The van der Waals surface area contributed by atoms with Gasteiger partial charge in [-0.25, -0.2) is 0 Å². The van der Waals surface area contributed by atoms with Crippen LogP contribution >= 0.6 is 23.2 Å². The highest BCUT2D eigenvalue weighted by Crippen LogP contribution is 2.37. The molecule has 0 fully saturated rings. The molecule has 19 heavy (non-hydrogen) atoms. The number of anilines is 1. The van der Waals surface area contributed by atoms with E-state index in [0.29, 0.717) is 10.8 Å². The summed E-state index contributed by atoms with van der Waals surface area (Å²) < 4.78 is 0. The Morgan fingerprint density at radius 1 is 1.32 bits per heavy atom. The van der Waals surface area contributed by atoms with E-state index in [2.05, 4.69) is 17.1 Å². The van der Waals surface area contributed by atoms with Crippen molar-refractivity contribution in [3.8, 4) is 0 Å². The summed E-state index contributed by atoms with van der Waals surface area (Å²) in [6, 6.07) is 7.82. The molecule has 102 valence electrons. The quantitative estimate of drug-likeness (QED) is 0.846. The molecule has 0 aliphatic heterocycles. The molecular formula is C14H17Cl2N3. The minimum Gasteiger partial charge on any atom is -0.381 e. The van der Waals surface area contributed by atoms with E-state index in [1.165, 1.54) is 0 Å². The number of halogens is 2. The molecule has 0 saturated heterocycles. The highest BCUT2D eigenvalue weighted by Gasteiger charge is 2.22. The van der Waals surface area contributed by atoms with Gasteiger partial charge in [-0.05, 0) is 18.1 Å². The number of hydrogen-bond donors (Lipinski definition) is 2. The first-order valence-electron chi connectivity index (χ1n) is 6.38. The maximum absolute atomic E-state index is 6.30. The number of nitrogen functional groups attached to an aromatic ring is 1. The minimum atomic E-state index is 0.103. The number of H-pyrrole nitrogens is 1. The fraction of sp³-hybridized carbons (Fsp3) is 0.357. The number of aromatic amines is 1. The minimum absolute atomic E-state index is 0.103. The lowest BCUT2D eigenvalue weighted by molar-refractivity contribution is 0.636. The average Bonchev–Trinajstić information content (AvgIpc) is 2.73. The Kier molecular flexibility index (Phi) is 4.72. The van der Waals surface area contributed by atoms with Gasteiger partial charge in [0.1, 0.15) is 5.02 Å². The van der Waals surface area contributed by atoms with Crippen molar-refractivity contribution >= 4 is 29.0 Å². The van der Waals surface area contributed by atoms with Crippen molar-refractivity contribution in [1.82, 2.24) is 10.2 Å². The van der Waals surface area contributed by atoms with Crippen molar-refractivity contribution in [2.75, 3.05) is 5.73 Å². The first-order chi connectivity index (χ1) is 9.15. The maximum Gasteiger partial charge on any atom is 0.164 e. The Balaban J connectivity index is 2.42. The summed E-state index contributed by atoms with van der Waals surface area (Å²) in [6.07, 6.45) is 3.16. The largest absolute Gasteiger partial charge is 0.381 e. The zero-order valence-corrected chi connectivity index (χ0v) is 12.3. The van der Waals surface area contributed by atoms with Crippen LogP contribution in [0.1, 0.15) is 43.4 Å². The molecule has 0 radical (unpaired) electrons. The van der Waals surface area contributed by atoms with Crippen LogP contribution in [-0.4, -0.2) is 10.2 Å². The second kappa shape index (κ2) is 6.31. The molecule has 0 aliphatic carbocycles. The summed E-state index contributed by atoms with van der Waals surface area (Å²) in [5.74, 6) is 0.441. The summed E-state index contributed by atoms with van der Waals surface area (Å²) >= 11 is 12.5. The van der Waals surface area contributed by atoms with Gasteiger partial charge in [0, 0.05) is 10.9 Å². The Morgan fingerprint density at radius 2 is 2.05 bits per heavy atom. The highest BCUT2D eigenvalue weighted by atomic mass is 35.5. The molecule has 0 amide bonds. The van der Waals surface area contributed by atoms with Crippen LogP contribution in [0.4, 0.5) is 5.82 Å². The molecule has 3 nitrogen and oxygen atoms in total. The van der Waals surface area contributed by atoms with E-state index >= 15 is 0 Å². The fourth-order valence-electron chi connectivity index (χ4n) is 2.21. The normalized spacial score (nSPS) is 12.6. The van der Waals surface area contributed by atoms with Crippen molar-refractivity contribution in [1.29, 1.82) is 0 Å². The number of benzene rings is 1. The Morgan fingerprint density at radius 3 is 2.63 bits per heavy atom. The predicted molar refractivity (Wildman–Crippen MR) is 80.8 cm³/mol. The highest BCUT2D eigenvalue weighted by molar-refractivity contribution is 6.33. The third kappa shape index (κ3) is 3.04. The SMILES string of the molecule is CCCCC(c1ccccc1Cl)c1[nH]nc(N)c1Cl. The molecule has 2 rings (SSSR count). The van der Waals surface area contributed by atoms with Crippen molar-refractivity contribution in [3.63, 3.8) is 0 Å². The van der Waals surface area contributed by atoms with Crippen LogP contribution in [0.5, 0.6) is 0 Å². The van der Waals surface area contributed by atoms with E-state index < -0.39 is 0 Å². The van der Waals surface area contributed by atoms with Gasteiger partial charge in [-0.2, -0.15) is 5.10 Å². The molecule has 2 aromatic rings. The lowest BCUT2D eigenvalue weighted by atomic mass is 9.90.